The number of carbonyl (C=O) groups is 2. The highest BCUT2D eigenvalue weighted by atomic mass is 28.4. The number of hydrogen-bond acceptors (Lipinski definition) is 10. The number of carbonyl (C=O) groups excluding carboxylic acids is 2. The molecule has 362 valence electrons. The Kier molecular flexibility index (Phi) is 20.1. The van der Waals surface area contributed by atoms with Crippen LogP contribution in [0.5, 0.6) is 0 Å². The zero-order valence-corrected chi connectivity index (χ0v) is 41.4. The molecule has 6 rings (SSSR count). The van der Waals surface area contributed by atoms with Gasteiger partial charge >= 0.3 is 12.1 Å². The van der Waals surface area contributed by atoms with Gasteiger partial charge in [-0.3, -0.25) is 5.32 Å². The summed E-state index contributed by atoms with van der Waals surface area (Å²) in [7, 11) is -1.00. The van der Waals surface area contributed by atoms with Crippen molar-refractivity contribution in [1.82, 2.24) is 5.32 Å². The number of allylic oxidation sites excluding steroid dienone is 1. The largest absolute Gasteiger partial charge is 0.464 e. The van der Waals surface area contributed by atoms with Gasteiger partial charge in [-0.2, -0.15) is 0 Å². The van der Waals surface area contributed by atoms with E-state index in [2.05, 4.69) is 39.2 Å². The molecule has 0 bridgehead atoms. The van der Waals surface area contributed by atoms with Gasteiger partial charge in [0.1, 0.15) is 36.7 Å². The highest BCUT2D eigenvalue weighted by molar-refractivity contribution is 6.74. The maximum absolute atomic E-state index is 13.2. The zero-order valence-electron chi connectivity index (χ0n) is 40.4. The number of ether oxygens (including phenoxy) is 7. The summed E-state index contributed by atoms with van der Waals surface area (Å²) in [6.45, 7) is 12.9. The minimum Gasteiger partial charge on any atom is -0.464 e. The van der Waals surface area contributed by atoms with Crippen LogP contribution in [-0.4, -0.2) is 71.2 Å². The van der Waals surface area contributed by atoms with Gasteiger partial charge in [0.05, 0.1) is 46.2 Å². The predicted molar refractivity (Wildman–Crippen MR) is 266 cm³/mol. The van der Waals surface area contributed by atoms with Crippen LogP contribution in [0.15, 0.2) is 163 Å². The molecule has 0 aromatic heterocycles. The Bertz CT molecular complexity index is 2260. The highest BCUT2D eigenvalue weighted by Gasteiger charge is 2.49. The minimum atomic E-state index is -2.28. The standard InChI is InChI=1S/C56H69NO10Si/c1-56(2,3)68(5,6)66-40-47(32-33-48(54(58)60-4)57-55(59)65-39-46-30-20-11-21-31-46)34-49-51(62-36-43-24-14-8-15-25-43)53(64-38-45-28-18-10-19-29-45)52(63-37-44-26-16-9-17-27-44)50(67-49)41-61-35-42-22-12-7-13-23-42/h7-31,33,47,49-53H,32,34-41H2,1-6H3,(H,57,59)/b48-33-/t47-,49-,50+,51-,52-,53+/m0/s1. The lowest BCUT2D eigenvalue weighted by Crippen LogP contribution is -2.61. The molecule has 1 heterocycles. The fourth-order valence-electron chi connectivity index (χ4n) is 7.63. The van der Waals surface area contributed by atoms with Crippen molar-refractivity contribution in [2.45, 2.75) is 115 Å². The third-order valence-corrected chi connectivity index (χ3v) is 17.0. The Balaban J connectivity index is 1.36. The second kappa shape index (κ2) is 26.4. The molecular formula is C56H69NO10Si. The molecule has 1 fully saturated rings. The molecule has 6 atom stereocenters. The van der Waals surface area contributed by atoms with Crippen molar-refractivity contribution in [2.75, 3.05) is 20.3 Å². The van der Waals surface area contributed by atoms with E-state index < -0.39 is 50.9 Å². The lowest BCUT2D eigenvalue weighted by molar-refractivity contribution is -0.275. The Morgan fingerprint density at radius 1 is 0.618 bits per heavy atom. The molecule has 1 amide bonds. The van der Waals surface area contributed by atoms with E-state index in [0.29, 0.717) is 45.9 Å². The van der Waals surface area contributed by atoms with Crippen molar-refractivity contribution in [1.29, 1.82) is 0 Å². The van der Waals surface area contributed by atoms with Gasteiger partial charge in [-0.25, -0.2) is 9.59 Å². The number of methoxy groups -OCH3 is 1. The fraction of sp³-hybridized carbons (Fsp3) is 0.393. The zero-order chi connectivity index (χ0) is 48.2. The van der Waals surface area contributed by atoms with Gasteiger partial charge in [0.25, 0.3) is 0 Å². The van der Waals surface area contributed by atoms with Crippen LogP contribution in [0.3, 0.4) is 0 Å². The van der Waals surface area contributed by atoms with Crippen LogP contribution in [0.4, 0.5) is 4.79 Å². The van der Waals surface area contributed by atoms with Crippen molar-refractivity contribution in [3.63, 3.8) is 0 Å². The Morgan fingerprint density at radius 2 is 1.04 bits per heavy atom. The van der Waals surface area contributed by atoms with E-state index in [1.54, 1.807) is 6.08 Å². The Hall–Kier alpha value is -5.44. The molecule has 0 radical (unpaired) electrons. The SMILES string of the molecule is COC(=O)/C(=C/C[C@H](CO[Si](C)(C)C(C)(C)C)C[C@@H]1O[C@H](COCc2ccccc2)[C@H](OCc2ccccc2)[C@H](OCc2ccccc2)[C@H]1OCc1ccccc1)NC(=O)OCc1ccccc1. The molecule has 0 unspecified atom stereocenters. The van der Waals surface area contributed by atoms with E-state index in [1.165, 1.54) is 7.11 Å². The highest BCUT2D eigenvalue weighted by Crippen LogP contribution is 2.39. The van der Waals surface area contributed by atoms with Gasteiger partial charge in [-0.1, -0.05) is 179 Å². The molecule has 0 saturated carbocycles. The fourth-order valence-corrected chi connectivity index (χ4v) is 8.71. The van der Waals surface area contributed by atoms with E-state index in [1.807, 2.05) is 152 Å². The molecule has 1 N–H and O–H groups in total. The van der Waals surface area contributed by atoms with E-state index in [9.17, 15) is 9.59 Å². The topological polar surface area (TPSA) is 120 Å². The second-order valence-corrected chi connectivity index (χ2v) is 23.5. The van der Waals surface area contributed by atoms with Gasteiger partial charge in [0.15, 0.2) is 8.32 Å². The van der Waals surface area contributed by atoms with Crippen LogP contribution >= 0.6 is 0 Å². The van der Waals surface area contributed by atoms with Gasteiger partial charge in [0.2, 0.25) is 0 Å². The predicted octanol–water partition coefficient (Wildman–Crippen LogP) is 11.1. The molecule has 11 nitrogen and oxygen atoms in total. The summed E-state index contributed by atoms with van der Waals surface area (Å²) in [6, 6.07) is 49.6. The first-order valence-corrected chi connectivity index (χ1v) is 26.4. The van der Waals surface area contributed by atoms with Crippen molar-refractivity contribution < 1.29 is 47.2 Å². The summed E-state index contributed by atoms with van der Waals surface area (Å²) in [5.74, 6) is -0.937. The average Bonchev–Trinajstić information content (AvgIpc) is 3.35. The van der Waals surface area contributed by atoms with E-state index in [0.717, 1.165) is 27.8 Å². The van der Waals surface area contributed by atoms with Crippen LogP contribution in [0, 0.1) is 5.92 Å². The normalized spacial score (nSPS) is 19.2. The monoisotopic (exact) mass is 943 g/mol. The van der Waals surface area contributed by atoms with Crippen molar-refractivity contribution in [3.8, 4) is 0 Å². The Morgan fingerprint density at radius 3 is 1.50 bits per heavy atom. The number of benzene rings is 5. The second-order valence-electron chi connectivity index (χ2n) is 18.7. The first-order chi connectivity index (χ1) is 32.9. The molecular weight excluding hydrogens is 875 g/mol. The summed E-state index contributed by atoms with van der Waals surface area (Å²) in [5, 5.41) is 2.57. The van der Waals surface area contributed by atoms with E-state index in [-0.39, 0.29) is 29.9 Å². The van der Waals surface area contributed by atoms with Crippen LogP contribution in [0.2, 0.25) is 18.1 Å². The van der Waals surface area contributed by atoms with Crippen LogP contribution in [0.1, 0.15) is 61.4 Å². The number of alkyl carbamates (subject to hydrolysis) is 1. The molecule has 5 aromatic carbocycles. The van der Waals surface area contributed by atoms with Crippen LogP contribution in [0.25, 0.3) is 0 Å². The average molecular weight is 944 g/mol. The quantitative estimate of drug-likeness (QED) is 0.0364. The number of amides is 1. The Labute approximate surface area is 404 Å². The van der Waals surface area contributed by atoms with E-state index in [4.69, 9.17) is 37.6 Å². The lowest BCUT2D eigenvalue weighted by Gasteiger charge is -2.47. The first-order valence-electron chi connectivity index (χ1n) is 23.5. The lowest BCUT2D eigenvalue weighted by atomic mass is 9.87. The van der Waals surface area contributed by atoms with Gasteiger partial charge in [0, 0.05) is 6.61 Å². The third-order valence-electron chi connectivity index (χ3n) is 12.5. The smallest absolute Gasteiger partial charge is 0.412 e. The maximum Gasteiger partial charge on any atom is 0.412 e. The molecule has 12 heteroatoms. The van der Waals surface area contributed by atoms with Crippen LogP contribution in [-0.2, 0) is 75.4 Å². The van der Waals surface area contributed by atoms with Crippen molar-refractivity contribution in [3.05, 3.63) is 191 Å². The first kappa shape index (κ1) is 51.9. The van der Waals surface area contributed by atoms with Gasteiger partial charge in [-0.05, 0) is 64.7 Å². The molecule has 5 aromatic rings. The van der Waals surface area contributed by atoms with E-state index >= 15 is 0 Å². The van der Waals surface area contributed by atoms with Crippen LogP contribution < -0.4 is 5.32 Å². The summed E-state index contributed by atoms with van der Waals surface area (Å²) in [6.07, 6.45) is -1.32. The summed E-state index contributed by atoms with van der Waals surface area (Å²) < 4.78 is 52.3. The van der Waals surface area contributed by atoms with Crippen molar-refractivity contribution >= 4 is 20.4 Å². The summed E-state index contributed by atoms with van der Waals surface area (Å²) in [4.78, 5) is 26.4. The number of nitrogens with one attached hydrogen (secondary N) is 1. The molecule has 1 aliphatic rings. The molecule has 0 spiro atoms. The number of hydrogen-bond donors (Lipinski definition) is 1. The maximum atomic E-state index is 13.2. The third kappa shape index (κ3) is 16.4. The molecule has 0 aliphatic carbocycles. The molecule has 68 heavy (non-hydrogen) atoms. The number of esters is 1. The number of rotatable bonds is 24. The summed E-state index contributed by atoms with van der Waals surface area (Å²) in [5.41, 5.74) is 4.83. The molecule has 1 aliphatic heterocycles. The molecule has 1 saturated heterocycles. The van der Waals surface area contributed by atoms with Gasteiger partial charge < -0.3 is 37.6 Å². The summed E-state index contributed by atoms with van der Waals surface area (Å²) >= 11 is 0. The van der Waals surface area contributed by atoms with Crippen molar-refractivity contribution in [2.24, 2.45) is 5.92 Å². The van der Waals surface area contributed by atoms with Gasteiger partial charge in [-0.15, -0.1) is 0 Å². The minimum absolute atomic E-state index is 0.0324.